The van der Waals surface area contributed by atoms with Crippen LogP contribution in [0.3, 0.4) is 0 Å². The van der Waals surface area contributed by atoms with Gasteiger partial charge >= 0.3 is 5.97 Å². The molecule has 0 amide bonds. The van der Waals surface area contributed by atoms with E-state index in [0.29, 0.717) is 5.56 Å². The van der Waals surface area contributed by atoms with E-state index in [4.69, 9.17) is 9.84 Å². The van der Waals surface area contributed by atoms with Crippen LogP contribution in [0.2, 0.25) is 0 Å². The molecule has 1 aromatic carbocycles. The van der Waals surface area contributed by atoms with E-state index in [0.717, 1.165) is 0 Å². The zero-order valence-corrected chi connectivity index (χ0v) is 9.15. The first-order valence-electron chi connectivity index (χ1n) is 5.07. The van der Waals surface area contributed by atoms with Gasteiger partial charge in [-0.05, 0) is 19.1 Å². The Balaban J connectivity index is 2.37. The molecular weight excluding hydrogens is 211 g/mol. The molecule has 0 bridgehead atoms. The standard InChI is InChI=1S/C12H15FO3/c1-12(13,9-14)7-8-16-11(15)10-5-3-2-4-6-10/h2-6,14H,7-9H2,1H3. The Morgan fingerprint density at radius 2 is 2.06 bits per heavy atom. The number of hydrogen-bond donors (Lipinski definition) is 1. The fraction of sp³-hybridized carbons (Fsp3) is 0.417. The molecule has 0 aliphatic carbocycles. The summed E-state index contributed by atoms with van der Waals surface area (Å²) in [4.78, 5) is 11.4. The van der Waals surface area contributed by atoms with Crippen molar-refractivity contribution in [3.05, 3.63) is 35.9 Å². The normalized spacial score (nSPS) is 14.2. The summed E-state index contributed by atoms with van der Waals surface area (Å²) in [7, 11) is 0. The maximum absolute atomic E-state index is 13.2. The van der Waals surface area contributed by atoms with Crippen LogP contribution in [-0.4, -0.2) is 30.0 Å². The summed E-state index contributed by atoms with van der Waals surface area (Å²) in [6.07, 6.45) is -0.0118. The zero-order valence-electron chi connectivity index (χ0n) is 9.15. The molecule has 0 aromatic heterocycles. The number of rotatable bonds is 5. The zero-order chi connectivity index (χ0) is 12.0. The average molecular weight is 226 g/mol. The van der Waals surface area contributed by atoms with Crippen LogP contribution in [-0.2, 0) is 4.74 Å². The van der Waals surface area contributed by atoms with Crippen molar-refractivity contribution in [3.63, 3.8) is 0 Å². The van der Waals surface area contributed by atoms with Crippen LogP contribution in [0.1, 0.15) is 23.7 Å². The SMILES string of the molecule is CC(F)(CO)CCOC(=O)c1ccccc1. The number of hydrogen-bond acceptors (Lipinski definition) is 3. The Kier molecular flexibility index (Phi) is 4.43. The van der Waals surface area contributed by atoms with Gasteiger partial charge in [0.2, 0.25) is 0 Å². The molecule has 1 N–H and O–H groups in total. The van der Waals surface area contributed by atoms with Gasteiger partial charge in [0, 0.05) is 6.42 Å². The monoisotopic (exact) mass is 226 g/mol. The number of halogens is 1. The molecule has 0 heterocycles. The summed E-state index contributed by atoms with van der Waals surface area (Å²) >= 11 is 0. The third-order valence-electron chi connectivity index (χ3n) is 2.20. The molecule has 0 aliphatic rings. The molecule has 0 aliphatic heterocycles. The van der Waals surface area contributed by atoms with Crippen molar-refractivity contribution in [2.45, 2.75) is 19.0 Å². The minimum atomic E-state index is -1.70. The molecule has 0 saturated carbocycles. The first-order valence-corrected chi connectivity index (χ1v) is 5.07. The lowest BCUT2D eigenvalue weighted by molar-refractivity contribution is 0.0296. The third kappa shape index (κ3) is 3.98. The second-order valence-electron chi connectivity index (χ2n) is 3.82. The highest BCUT2D eigenvalue weighted by Gasteiger charge is 2.22. The maximum Gasteiger partial charge on any atom is 0.338 e. The average Bonchev–Trinajstić information content (AvgIpc) is 2.30. The molecule has 4 heteroatoms. The van der Waals surface area contributed by atoms with Crippen LogP contribution < -0.4 is 0 Å². The molecule has 1 rings (SSSR count). The summed E-state index contributed by atoms with van der Waals surface area (Å²) in [6, 6.07) is 8.50. The lowest BCUT2D eigenvalue weighted by Crippen LogP contribution is -2.25. The molecule has 1 unspecified atom stereocenters. The second kappa shape index (κ2) is 5.61. The predicted molar refractivity (Wildman–Crippen MR) is 57.9 cm³/mol. The van der Waals surface area contributed by atoms with Gasteiger partial charge in [-0.15, -0.1) is 0 Å². The van der Waals surface area contributed by atoms with Gasteiger partial charge in [-0.1, -0.05) is 18.2 Å². The Morgan fingerprint density at radius 3 is 2.62 bits per heavy atom. The highest BCUT2D eigenvalue weighted by molar-refractivity contribution is 5.89. The van der Waals surface area contributed by atoms with Gasteiger partial charge in [0.15, 0.2) is 0 Å². The summed E-state index contributed by atoms with van der Waals surface area (Å²) in [6.45, 7) is 0.653. The molecular formula is C12H15FO3. The van der Waals surface area contributed by atoms with Crippen molar-refractivity contribution < 1.29 is 19.0 Å². The van der Waals surface area contributed by atoms with E-state index in [-0.39, 0.29) is 13.0 Å². The quantitative estimate of drug-likeness (QED) is 0.780. The Bertz CT molecular complexity index is 335. The summed E-state index contributed by atoms with van der Waals surface area (Å²) in [5, 5.41) is 8.66. The fourth-order valence-corrected chi connectivity index (χ4v) is 1.09. The topological polar surface area (TPSA) is 46.5 Å². The first-order chi connectivity index (χ1) is 7.55. The smallest absolute Gasteiger partial charge is 0.338 e. The first kappa shape index (κ1) is 12.6. The Labute approximate surface area is 93.9 Å². The van der Waals surface area contributed by atoms with Crippen molar-refractivity contribution in [3.8, 4) is 0 Å². The van der Waals surface area contributed by atoms with E-state index in [1.807, 2.05) is 0 Å². The van der Waals surface area contributed by atoms with Gasteiger partial charge in [-0.2, -0.15) is 0 Å². The lowest BCUT2D eigenvalue weighted by atomic mass is 10.1. The summed E-state index contributed by atoms with van der Waals surface area (Å²) < 4.78 is 18.1. The van der Waals surface area contributed by atoms with Crippen LogP contribution in [0.25, 0.3) is 0 Å². The number of aliphatic hydroxyl groups excluding tert-OH is 1. The largest absolute Gasteiger partial charge is 0.462 e. The predicted octanol–water partition coefficient (Wildman–Crippen LogP) is 1.95. The van der Waals surface area contributed by atoms with E-state index in [9.17, 15) is 9.18 Å². The van der Waals surface area contributed by atoms with Gasteiger partial charge in [0.05, 0.1) is 18.8 Å². The van der Waals surface area contributed by atoms with Crippen LogP contribution in [0.15, 0.2) is 30.3 Å². The number of benzene rings is 1. The highest BCUT2D eigenvalue weighted by atomic mass is 19.1. The number of carbonyl (C=O) groups excluding carboxylic acids is 1. The number of alkyl halides is 1. The highest BCUT2D eigenvalue weighted by Crippen LogP contribution is 2.14. The molecule has 0 saturated heterocycles. The summed E-state index contributed by atoms with van der Waals surface area (Å²) in [5.41, 5.74) is -1.26. The van der Waals surface area contributed by atoms with Crippen molar-refractivity contribution in [1.29, 1.82) is 0 Å². The van der Waals surface area contributed by atoms with E-state index in [1.165, 1.54) is 6.92 Å². The van der Waals surface area contributed by atoms with E-state index < -0.39 is 18.2 Å². The van der Waals surface area contributed by atoms with E-state index in [1.54, 1.807) is 30.3 Å². The van der Waals surface area contributed by atoms with Crippen molar-refractivity contribution in [1.82, 2.24) is 0 Å². The van der Waals surface area contributed by atoms with Crippen molar-refractivity contribution in [2.75, 3.05) is 13.2 Å². The molecule has 0 radical (unpaired) electrons. The van der Waals surface area contributed by atoms with Gasteiger partial charge in [0.25, 0.3) is 0 Å². The minimum Gasteiger partial charge on any atom is -0.462 e. The van der Waals surface area contributed by atoms with Crippen molar-refractivity contribution in [2.24, 2.45) is 0 Å². The number of aliphatic hydroxyl groups is 1. The fourth-order valence-electron chi connectivity index (χ4n) is 1.09. The summed E-state index contributed by atoms with van der Waals surface area (Å²) in [5.74, 6) is -0.477. The molecule has 0 spiro atoms. The van der Waals surface area contributed by atoms with Gasteiger partial charge in [-0.3, -0.25) is 0 Å². The van der Waals surface area contributed by atoms with E-state index >= 15 is 0 Å². The third-order valence-corrected chi connectivity index (χ3v) is 2.20. The van der Waals surface area contributed by atoms with E-state index in [2.05, 4.69) is 0 Å². The molecule has 1 aromatic rings. The van der Waals surface area contributed by atoms with Crippen LogP contribution in [0.4, 0.5) is 4.39 Å². The van der Waals surface area contributed by atoms with Crippen LogP contribution in [0, 0.1) is 0 Å². The van der Waals surface area contributed by atoms with Crippen LogP contribution in [0.5, 0.6) is 0 Å². The number of ether oxygens (including phenoxy) is 1. The van der Waals surface area contributed by atoms with Gasteiger partial charge in [0.1, 0.15) is 5.67 Å². The Hall–Kier alpha value is -1.42. The van der Waals surface area contributed by atoms with Gasteiger partial charge < -0.3 is 9.84 Å². The second-order valence-corrected chi connectivity index (χ2v) is 3.82. The lowest BCUT2D eigenvalue weighted by Gasteiger charge is -2.16. The maximum atomic E-state index is 13.2. The molecule has 1 atom stereocenters. The van der Waals surface area contributed by atoms with Crippen molar-refractivity contribution >= 4 is 5.97 Å². The molecule has 16 heavy (non-hydrogen) atoms. The van der Waals surface area contributed by atoms with Gasteiger partial charge in [-0.25, -0.2) is 9.18 Å². The number of esters is 1. The Morgan fingerprint density at radius 1 is 1.44 bits per heavy atom. The molecule has 88 valence electrons. The number of carbonyl (C=O) groups is 1. The van der Waals surface area contributed by atoms with Crippen LogP contribution >= 0.6 is 0 Å². The molecule has 0 fully saturated rings. The molecule has 3 nitrogen and oxygen atoms in total. The minimum absolute atomic E-state index is 0.0118.